The zero-order chi connectivity index (χ0) is 13.2. The van der Waals surface area contributed by atoms with Gasteiger partial charge in [0, 0.05) is 30.5 Å². The lowest BCUT2D eigenvalue weighted by molar-refractivity contribution is 0.896. The van der Waals surface area contributed by atoms with E-state index in [4.69, 9.17) is 5.26 Å². The molecule has 0 amide bonds. The van der Waals surface area contributed by atoms with Gasteiger partial charge in [-0.25, -0.2) is 4.98 Å². The summed E-state index contributed by atoms with van der Waals surface area (Å²) in [5.41, 5.74) is 2.80. The molecule has 3 aromatic rings. The minimum atomic E-state index is 0.680. The maximum absolute atomic E-state index is 8.78. The molecule has 0 atom stereocenters. The zero-order valence-corrected chi connectivity index (χ0v) is 11.3. The van der Waals surface area contributed by atoms with Crippen LogP contribution in [0.5, 0.6) is 0 Å². The molecule has 94 valence electrons. The van der Waals surface area contributed by atoms with Gasteiger partial charge in [-0.3, -0.25) is 4.40 Å². The lowest BCUT2D eigenvalue weighted by Gasteiger charge is -2.17. The summed E-state index contributed by atoms with van der Waals surface area (Å²) in [5, 5.41) is 10.8. The molecular weight excluding hydrogens is 256 g/mol. The van der Waals surface area contributed by atoms with Crippen molar-refractivity contribution in [1.29, 1.82) is 5.26 Å². The highest BCUT2D eigenvalue weighted by molar-refractivity contribution is 7.15. The number of anilines is 1. The van der Waals surface area contributed by atoms with Gasteiger partial charge >= 0.3 is 0 Å². The summed E-state index contributed by atoms with van der Waals surface area (Å²) in [6, 6.07) is 9.70. The largest absolute Gasteiger partial charge is 0.369 e. The molecule has 0 saturated heterocycles. The molecule has 5 heteroatoms. The third-order valence-corrected chi connectivity index (χ3v) is 3.75. The number of rotatable bonds is 3. The average molecular weight is 268 g/mol. The van der Waals surface area contributed by atoms with Crippen molar-refractivity contribution in [3.8, 4) is 6.07 Å². The van der Waals surface area contributed by atoms with Crippen LogP contribution in [0.3, 0.4) is 0 Å². The smallest absolute Gasteiger partial charge is 0.193 e. The molecule has 0 aliphatic heterocycles. The number of benzene rings is 1. The summed E-state index contributed by atoms with van der Waals surface area (Å²) in [6.07, 6.45) is 4.06. The fraction of sp³-hybridized carbons (Fsp3) is 0.143. The van der Waals surface area contributed by atoms with E-state index in [1.165, 1.54) is 0 Å². The number of nitriles is 1. The van der Waals surface area contributed by atoms with Crippen LogP contribution in [0, 0.1) is 11.3 Å². The van der Waals surface area contributed by atoms with Gasteiger partial charge in [-0.15, -0.1) is 11.3 Å². The molecule has 0 saturated carbocycles. The molecule has 0 spiro atoms. The van der Waals surface area contributed by atoms with Crippen LogP contribution in [-0.2, 0) is 6.54 Å². The van der Waals surface area contributed by atoms with Crippen LogP contribution in [0.4, 0.5) is 5.69 Å². The number of hydrogen-bond acceptors (Lipinski definition) is 4. The van der Waals surface area contributed by atoms with Crippen molar-refractivity contribution >= 4 is 22.0 Å². The van der Waals surface area contributed by atoms with E-state index in [0.29, 0.717) is 5.56 Å². The van der Waals surface area contributed by atoms with Gasteiger partial charge in [0.15, 0.2) is 4.96 Å². The van der Waals surface area contributed by atoms with Crippen LogP contribution in [0.25, 0.3) is 4.96 Å². The molecule has 2 heterocycles. The first-order valence-electron chi connectivity index (χ1n) is 5.88. The van der Waals surface area contributed by atoms with E-state index < -0.39 is 0 Å². The zero-order valence-electron chi connectivity index (χ0n) is 10.4. The predicted molar refractivity (Wildman–Crippen MR) is 76.3 cm³/mol. The molecule has 0 radical (unpaired) electrons. The van der Waals surface area contributed by atoms with Crippen LogP contribution in [0.1, 0.15) is 11.3 Å². The number of imidazole rings is 1. The standard InChI is InChI=1S/C14H12N4S/c1-17(13-4-2-11(8-15)3-5-13)9-12-10-18-6-7-19-14(18)16-12/h2-7,10H,9H2,1H3. The third kappa shape index (κ3) is 2.30. The fourth-order valence-corrected chi connectivity index (χ4v) is 2.70. The summed E-state index contributed by atoms with van der Waals surface area (Å²) >= 11 is 1.63. The van der Waals surface area contributed by atoms with E-state index in [-0.39, 0.29) is 0 Å². The van der Waals surface area contributed by atoms with Crippen molar-refractivity contribution in [3.63, 3.8) is 0 Å². The van der Waals surface area contributed by atoms with E-state index in [9.17, 15) is 0 Å². The molecule has 1 aromatic carbocycles. The predicted octanol–water partition coefficient (Wildman–Crippen LogP) is 2.90. The molecule has 0 aliphatic rings. The van der Waals surface area contributed by atoms with Crippen molar-refractivity contribution in [2.24, 2.45) is 0 Å². The van der Waals surface area contributed by atoms with E-state index >= 15 is 0 Å². The van der Waals surface area contributed by atoms with Crippen LogP contribution in [0.15, 0.2) is 42.0 Å². The highest BCUT2D eigenvalue weighted by Crippen LogP contribution is 2.17. The molecule has 4 nitrogen and oxygen atoms in total. The van der Waals surface area contributed by atoms with Crippen molar-refractivity contribution < 1.29 is 0 Å². The Morgan fingerprint density at radius 2 is 2.16 bits per heavy atom. The summed E-state index contributed by atoms with van der Waals surface area (Å²) in [7, 11) is 2.02. The lowest BCUT2D eigenvalue weighted by Crippen LogP contribution is -2.16. The maximum atomic E-state index is 8.78. The number of fused-ring (bicyclic) bond motifs is 1. The van der Waals surface area contributed by atoms with Crippen molar-refractivity contribution in [2.75, 3.05) is 11.9 Å². The first-order valence-corrected chi connectivity index (χ1v) is 6.76. The lowest BCUT2D eigenvalue weighted by atomic mass is 10.2. The molecule has 0 bridgehead atoms. The topological polar surface area (TPSA) is 44.3 Å². The summed E-state index contributed by atoms with van der Waals surface area (Å²) in [5.74, 6) is 0. The third-order valence-electron chi connectivity index (χ3n) is 2.98. The Morgan fingerprint density at radius 3 is 2.84 bits per heavy atom. The molecule has 0 unspecified atom stereocenters. The maximum Gasteiger partial charge on any atom is 0.193 e. The molecular formula is C14H12N4S. The van der Waals surface area contributed by atoms with Crippen molar-refractivity contribution in [2.45, 2.75) is 6.54 Å². The van der Waals surface area contributed by atoms with Gasteiger partial charge in [0.1, 0.15) is 0 Å². The Balaban J connectivity index is 1.78. The second-order valence-electron chi connectivity index (χ2n) is 4.34. The fourth-order valence-electron chi connectivity index (χ4n) is 1.98. The van der Waals surface area contributed by atoms with Crippen LogP contribution in [0.2, 0.25) is 0 Å². The first-order chi connectivity index (χ1) is 9.26. The van der Waals surface area contributed by atoms with Gasteiger partial charge < -0.3 is 4.90 Å². The molecule has 19 heavy (non-hydrogen) atoms. The molecule has 0 N–H and O–H groups in total. The molecule has 0 fully saturated rings. The van der Waals surface area contributed by atoms with Gasteiger partial charge in [0.05, 0.1) is 23.9 Å². The summed E-state index contributed by atoms with van der Waals surface area (Å²) in [6.45, 7) is 0.750. The monoisotopic (exact) mass is 268 g/mol. The second kappa shape index (κ2) is 4.75. The number of hydrogen-bond donors (Lipinski definition) is 0. The van der Waals surface area contributed by atoms with Crippen LogP contribution >= 0.6 is 11.3 Å². The molecule has 3 rings (SSSR count). The van der Waals surface area contributed by atoms with Crippen LogP contribution in [-0.4, -0.2) is 16.4 Å². The Hall–Kier alpha value is -2.32. The second-order valence-corrected chi connectivity index (χ2v) is 5.21. The van der Waals surface area contributed by atoms with Gasteiger partial charge in [-0.05, 0) is 24.3 Å². The Labute approximate surface area is 115 Å². The Morgan fingerprint density at radius 1 is 1.37 bits per heavy atom. The highest BCUT2D eigenvalue weighted by atomic mass is 32.1. The Bertz CT molecular complexity index is 704. The SMILES string of the molecule is CN(Cc1cn2ccsc2n1)c1ccc(C#N)cc1. The minimum absolute atomic E-state index is 0.680. The van der Waals surface area contributed by atoms with E-state index in [2.05, 4.69) is 16.0 Å². The number of aromatic nitrogens is 2. The summed E-state index contributed by atoms with van der Waals surface area (Å²) in [4.78, 5) is 7.69. The molecule has 0 aliphatic carbocycles. The average Bonchev–Trinajstić information content (AvgIpc) is 2.99. The van der Waals surface area contributed by atoms with Crippen molar-refractivity contribution in [3.05, 3.63) is 53.3 Å². The number of nitrogens with zero attached hydrogens (tertiary/aromatic N) is 4. The normalized spacial score (nSPS) is 10.5. The van der Waals surface area contributed by atoms with Gasteiger partial charge in [0.2, 0.25) is 0 Å². The van der Waals surface area contributed by atoms with Crippen molar-refractivity contribution in [1.82, 2.24) is 9.38 Å². The summed E-state index contributed by atoms with van der Waals surface area (Å²) < 4.78 is 2.03. The Kier molecular flexibility index (Phi) is 2.94. The van der Waals surface area contributed by atoms with Gasteiger partial charge in [-0.1, -0.05) is 0 Å². The highest BCUT2D eigenvalue weighted by Gasteiger charge is 2.06. The molecule has 2 aromatic heterocycles. The minimum Gasteiger partial charge on any atom is -0.369 e. The van der Waals surface area contributed by atoms with E-state index in [1.54, 1.807) is 11.3 Å². The van der Waals surface area contributed by atoms with E-state index in [0.717, 1.165) is 22.9 Å². The van der Waals surface area contributed by atoms with Gasteiger partial charge in [0.25, 0.3) is 0 Å². The van der Waals surface area contributed by atoms with Crippen LogP contribution < -0.4 is 4.90 Å². The number of thiazole rings is 1. The quantitative estimate of drug-likeness (QED) is 0.733. The van der Waals surface area contributed by atoms with Gasteiger partial charge in [-0.2, -0.15) is 5.26 Å². The van der Waals surface area contributed by atoms with E-state index in [1.807, 2.05) is 53.5 Å². The first kappa shape index (κ1) is 11.8.